The Hall–Kier alpha value is -1.51. The molecule has 2 rings (SSSR count). The molecule has 0 radical (unpaired) electrons. The Kier molecular flexibility index (Phi) is 3.60. The number of hydrogen-bond donors (Lipinski definition) is 1. The van der Waals surface area contributed by atoms with Crippen LogP contribution in [-0.4, -0.2) is 54.7 Å². The number of pyridine rings is 1. The maximum Gasteiger partial charge on any atom is 0.277 e. The van der Waals surface area contributed by atoms with Gasteiger partial charge >= 0.3 is 0 Å². The van der Waals surface area contributed by atoms with E-state index >= 15 is 0 Å². The number of hydrogen-bond acceptors (Lipinski definition) is 4. The highest BCUT2D eigenvalue weighted by Crippen LogP contribution is 2.09. The van der Waals surface area contributed by atoms with Gasteiger partial charge in [-0.1, -0.05) is 0 Å². The van der Waals surface area contributed by atoms with E-state index < -0.39 is 10.2 Å². The highest BCUT2D eigenvalue weighted by Gasteiger charge is 2.26. The first-order valence-electron chi connectivity index (χ1n) is 5.45. The maximum absolute atomic E-state index is 12.0. The van der Waals surface area contributed by atoms with Gasteiger partial charge < -0.3 is 4.90 Å². The molecule has 0 aromatic carbocycles. The van der Waals surface area contributed by atoms with Crippen LogP contribution in [0.1, 0.15) is 10.4 Å². The fourth-order valence-corrected chi connectivity index (χ4v) is 2.49. The van der Waals surface area contributed by atoms with Gasteiger partial charge in [0.15, 0.2) is 0 Å². The van der Waals surface area contributed by atoms with Gasteiger partial charge in [-0.25, -0.2) is 5.14 Å². The van der Waals surface area contributed by atoms with Gasteiger partial charge in [0.05, 0.1) is 5.56 Å². The molecule has 1 aromatic heterocycles. The second kappa shape index (κ2) is 5.01. The molecule has 2 N–H and O–H groups in total. The van der Waals surface area contributed by atoms with Crippen molar-refractivity contribution in [3.8, 4) is 0 Å². The first kappa shape index (κ1) is 12.9. The number of piperazine rings is 1. The molecule has 98 valence electrons. The number of carbonyl (C=O) groups is 1. The van der Waals surface area contributed by atoms with E-state index in [1.54, 1.807) is 23.2 Å². The molecule has 7 nitrogen and oxygen atoms in total. The molecule has 1 aliphatic rings. The Balaban J connectivity index is 2.01. The van der Waals surface area contributed by atoms with E-state index in [0.717, 1.165) is 0 Å². The second-order valence-corrected chi connectivity index (χ2v) is 5.52. The van der Waals surface area contributed by atoms with Crippen molar-refractivity contribution in [2.75, 3.05) is 26.2 Å². The van der Waals surface area contributed by atoms with Crippen molar-refractivity contribution in [1.82, 2.24) is 14.2 Å². The number of carbonyl (C=O) groups excluding carboxylic acids is 1. The van der Waals surface area contributed by atoms with Gasteiger partial charge in [-0.05, 0) is 12.1 Å². The van der Waals surface area contributed by atoms with Crippen LogP contribution >= 0.6 is 0 Å². The Morgan fingerprint density at radius 3 is 2.44 bits per heavy atom. The molecular formula is C10H14N4O3S. The van der Waals surface area contributed by atoms with Gasteiger partial charge in [0.2, 0.25) is 0 Å². The highest BCUT2D eigenvalue weighted by atomic mass is 32.2. The van der Waals surface area contributed by atoms with Gasteiger partial charge in [0.1, 0.15) is 0 Å². The Bertz CT molecular complexity index is 523. The molecule has 0 atom stereocenters. The molecule has 1 fully saturated rings. The second-order valence-electron chi connectivity index (χ2n) is 3.98. The topological polar surface area (TPSA) is 96.6 Å². The van der Waals surface area contributed by atoms with Gasteiger partial charge in [-0.15, -0.1) is 0 Å². The molecule has 0 unspecified atom stereocenters. The van der Waals surface area contributed by atoms with Crippen molar-refractivity contribution in [1.29, 1.82) is 0 Å². The van der Waals surface area contributed by atoms with E-state index in [4.69, 9.17) is 5.14 Å². The third-order valence-corrected chi connectivity index (χ3v) is 3.88. The van der Waals surface area contributed by atoms with Crippen molar-refractivity contribution < 1.29 is 13.2 Å². The number of aromatic nitrogens is 1. The van der Waals surface area contributed by atoms with Crippen LogP contribution in [-0.2, 0) is 10.2 Å². The zero-order chi connectivity index (χ0) is 13.2. The Morgan fingerprint density at radius 1 is 1.28 bits per heavy atom. The average Bonchev–Trinajstić information content (AvgIpc) is 2.38. The molecular weight excluding hydrogens is 256 g/mol. The molecule has 2 heterocycles. The van der Waals surface area contributed by atoms with E-state index in [1.165, 1.54) is 10.5 Å². The normalized spacial score (nSPS) is 17.7. The van der Waals surface area contributed by atoms with E-state index in [2.05, 4.69) is 4.98 Å². The summed E-state index contributed by atoms with van der Waals surface area (Å²) in [6.07, 6.45) is 3.09. The predicted molar refractivity (Wildman–Crippen MR) is 64.8 cm³/mol. The lowest BCUT2D eigenvalue weighted by Crippen LogP contribution is -2.52. The lowest BCUT2D eigenvalue weighted by atomic mass is 10.2. The van der Waals surface area contributed by atoms with E-state index in [-0.39, 0.29) is 19.0 Å². The summed E-state index contributed by atoms with van der Waals surface area (Å²) < 4.78 is 23.4. The van der Waals surface area contributed by atoms with Crippen molar-refractivity contribution in [2.24, 2.45) is 5.14 Å². The molecule has 8 heteroatoms. The quantitative estimate of drug-likeness (QED) is 0.748. The minimum Gasteiger partial charge on any atom is -0.336 e. The zero-order valence-electron chi connectivity index (χ0n) is 9.69. The van der Waals surface area contributed by atoms with Crippen LogP contribution in [0, 0.1) is 0 Å². The van der Waals surface area contributed by atoms with Crippen LogP contribution < -0.4 is 5.14 Å². The number of nitrogens with two attached hydrogens (primary N) is 1. The van der Waals surface area contributed by atoms with Crippen molar-refractivity contribution in [3.63, 3.8) is 0 Å². The summed E-state index contributed by atoms with van der Waals surface area (Å²) in [7, 11) is -3.66. The molecule has 0 bridgehead atoms. The van der Waals surface area contributed by atoms with Crippen LogP contribution in [0.5, 0.6) is 0 Å². The fourth-order valence-electron chi connectivity index (χ4n) is 1.82. The van der Waals surface area contributed by atoms with E-state index in [0.29, 0.717) is 18.7 Å². The lowest BCUT2D eigenvalue weighted by molar-refractivity contribution is 0.0697. The third kappa shape index (κ3) is 2.84. The summed E-state index contributed by atoms with van der Waals surface area (Å²) in [5.74, 6) is -0.142. The minimum atomic E-state index is -3.66. The van der Waals surface area contributed by atoms with Crippen LogP contribution in [0.25, 0.3) is 0 Å². The SMILES string of the molecule is NS(=O)(=O)N1CCN(C(=O)c2cccnc2)CC1. The van der Waals surface area contributed by atoms with Gasteiger partial charge in [0, 0.05) is 38.6 Å². The smallest absolute Gasteiger partial charge is 0.277 e. The van der Waals surface area contributed by atoms with Crippen LogP contribution in [0.2, 0.25) is 0 Å². The summed E-state index contributed by atoms with van der Waals surface area (Å²) in [6.45, 7) is 1.13. The first-order chi connectivity index (χ1) is 8.48. The maximum atomic E-state index is 12.0. The number of rotatable bonds is 2. The third-order valence-electron chi connectivity index (χ3n) is 2.79. The highest BCUT2D eigenvalue weighted by molar-refractivity contribution is 7.86. The molecule has 0 aliphatic carbocycles. The van der Waals surface area contributed by atoms with Gasteiger partial charge in [-0.3, -0.25) is 9.78 Å². The lowest BCUT2D eigenvalue weighted by Gasteiger charge is -2.32. The van der Waals surface area contributed by atoms with Gasteiger partial charge in [-0.2, -0.15) is 12.7 Å². The summed E-state index contributed by atoms with van der Waals surface area (Å²) in [6, 6.07) is 3.37. The van der Waals surface area contributed by atoms with Crippen molar-refractivity contribution >= 4 is 16.1 Å². The first-order valence-corrected chi connectivity index (χ1v) is 6.96. The summed E-state index contributed by atoms with van der Waals surface area (Å²) in [5, 5.41) is 5.03. The standard InChI is InChI=1S/C10H14N4O3S/c11-18(16,17)14-6-4-13(5-7-14)10(15)9-2-1-3-12-8-9/h1-3,8H,4-7H2,(H2,11,16,17). The van der Waals surface area contributed by atoms with Crippen LogP contribution in [0.3, 0.4) is 0 Å². The van der Waals surface area contributed by atoms with Gasteiger partial charge in [0.25, 0.3) is 16.1 Å². The Labute approximate surface area is 105 Å². The summed E-state index contributed by atoms with van der Waals surface area (Å²) >= 11 is 0. The molecule has 18 heavy (non-hydrogen) atoms. The Morgan fingerprint density at radius 2 is 1.94 bits per heavy atom. The molecule has 1 saturated heterocycles. The van der Waals surface area contributed by atoms with Crippen molar-refractivity contribution in [3.05, 3.63) is 30.1 Å². The molecule has 0 saturated carbocycles. The van der Waals surface area contributed by atoms with Crippen molar-refractivity contribution in [2.45, 2.75) is 0 Å². The minimum absolute atomic E-state index is 0.142. The summed E-state index contributed by atoms with van der Waals surface area (Å²) in [4.78, 5) is 17.5. The summed E-state index contributed by atoms with van der Waals surface area (Å²) in [5.41, 5.74) is 0.501. The van der Waals surface area contributed by atoms with Crippen LogP contribution in [0.15, 0.2) is 24.5 Å². The van der Waals surface area contributed by atoms with Crippen LogP contribution in [0.4, 0.5) is 0 Å². The number of amides is 1. The fraction of sp³-hybridized carbons (Fsp3) is 0.400. The molecule has 1 aromatic rings. The molecule has 1 aliphatic heterocycles. The number of nitrogens with zero attached hydrogens (tertiary/aromatic N) is 3. The predicted octanol–water partition coefficient (Wildman–Crippen LogP) is -0.957. The van der Waals surface area contributed by atoms with E-state index in [1.807, 2.05) is 0 Å². The largest absolute Gasteiger partial charge is 0.336 e. The molecule has 0 spiro atoms. The van der Waals surface area contributed by atoms with E-state index in [9.17, 15) is 13.2 Å². The zero-order valence-corrected chi connectivity index (χ0v) is 10.5. The molecule has 1 amide bonds. The average molecular weight is 270 g/mol. The monoisotopic (exact) mass is 270 g/mol.